The molecular weight excluding hydrogens is 332 g/mol. The Labute approximate surface area is 132 Å². The number of carbonyl (C=O) groups is 1. The van der Waals surface area contributed by atoms with Crippen molar-refractivity contribution in [1.29, 1.82) is 0 Å². The number of nitrogens with one attached hydrogen (secondary N) is 1. The molecule has 0 bridgehead atoms. The fourth-order valence-corrected chi connectivity index (χ4v) is 2.49. The molecule has 0 atom stereocenters. The van der Waals surface area contributed by atoms with Crippen LogP contribution < -0.4 is 15.8 Å². The largest absolute Gasteiger partial charge is 0.492 e. The summed E-state index contributed by atoms with van der Waals surface area (Å²) in [6.45, 7) is 2.90. The highest BCUT2D eigenvalue weighted by atomic mass is 79.9. The first-order chi connectivity index (χ1) is 10.1. The first-order valence-electron chi connectivity index (χ1n) is 6.60. The Morgan fingerprint density at radius 2 is 1.95 bits per heavy atom. The van der Waals surface area contributed by atoms with Gasteiger partial charge in [-0.1, -0.05) is 15.9 Å². The van der Waals surface area contributed by atoms with E-state index in [0.717, 1.165) is 21.5 Å². The van der Waals surface area contributed by atoms with Gasteiger partial charge < -0.3 is 15.8 Å². The Morgan fingerprint density at radius 1 is 1.24 bits per heavy atom. The van der Waals surface area contributed by atoms with Crippen molar-refractivity contribution in [3.05, 3.63) is 58.1 Å². The smallest absolute Gasteiger partial charge is 0.255 e. The van der Waals surface area contributed by atoms with Crippen LogP contribution in [0.5, 0.6) is 5.75 Å². The third-order valence-electron chi connectivity index (χ3n) is 2.80. The van der Waals surface area contributed by atoms with Crippen LogP contribution in [-0.2, 0) is 0 Å². The van der Waals surface area contributed by atoms with Gasteiger partial charge in [-0.3, -0.25) is 4.79 Å². The van der Waals surface area contributed by atoms with Crippen molar-refractivity contribution >= 4 is 27.5 Å². The molecule has 110 valence electrons. The second-order valence-corrected chi connectivity index (χ2v) is 5.55. The van der Waals surface area contributed by atoms with Gasteiger partial charge in [0.05, 0.1) is 0 Å². The molecule has 3 N–H and O–H groups in total. The quantitative estimate of drug-likeness (QED) is 0.870. The topological polar surface area (TPSA) is 64.3 Å². The number of carbonyl (C=O) groups excluding carboxylic acids is 1. The predicted octanol–water partition coefficient (Wildman–Crippen LogP) is 3.35. The first-order valence-corrected chi connectivity index (χ1v) is 7.39. The molecule has 0 spiro atoms. The molecule has 0 saturated heterocycles. The van der Waals surface area contributed by atoms with Crippen molar-refractivity contribution < 1.29 is 9.53 Å². The lowest BCUT2D eigenvalue weighted by Gasteiger charge is -2.08. The van der Waals surface area contributed by atoms with Gasteiger partial charge >= 0.3 is 0 Å². The molecule has 2 rings (SSSR count). The van der Waals surface area contributed by atoms with E-state index >= 15 is 0 Å². The molecule has 0 heterocycles. The molecule has 4 nitrogen and oxygen atoms in total. The van der Waals surface area contributed by atoms with E-state index < -0.39 is 0 Å². The Hall–Kier alpha value is -1.85. The molecule has 2 aromatic carbocycles. The fraction of sp³-hybridized carbons (Fsp3) is 0.188. The van der Waals surface area contributed by atoms with E-state index in [2.05, 4.69) is 21.2 Å². The summed E-state index contributed by atoms with van der Waals surface area (Å²) in [7, 11) is 0. The number of halogens is 1. The molecule has 0 fully saturated rings. The monoisotopic (exact) mass is 348 g/mol. The highest BCUT2D eigenvalue weighted by Gasteiger charge is 2.07. The van der Waals surface area contributed by atoms with Gasteiger partial charge in [0.25, 0.3) is 5.91 Å². The molecule has 2 aromatic rings. The van der Waals surface area contributed by atoms with Gasteiger partial charge in [0.15, 0.2) is 0 Å². The zero-order chi connectivity index (χ0) is 15.2. The second-order valence-electron chi connectivity index (χ2n) is 4.63. The highest BCUT2D eigenvalue weighted by Crippen LogP contribution is 2.19. The van der Waals surface area contributed by atoms with Crippen LogP contribution in [0.25, 0.3) is 0 Å². The number of anilines is 1. The number of nitrogens with two attached hydrogens (primary N) is 1. The van der Waals surface area contributed by atoms with Gasteiger partial charge in [0, 0.05) is 22.3 Å². The van der Waals surface area contributed by atoms with E-state index in [4.69, 9.17) is 10.5 Å². The maximum atomic E-state index is 12.2. The van der Waals surface area contributed by atoms with E-state index in [1.165, 1.54) is 0 Å². The Kier molecular flexibility index (Phi) is 5.36. The van der Waals surface area contributed by atoms with Gasteiger partial charge in [-0.15, -0.1) is 0 Å². The van der Waals surface area contributed by atoms with E-state index in [1.807, 2.05) is 19.1 Å². The molecule has 0 unspecified atom stereocenters. The lowest BCUT2D eigenvalue weighted by Crippen LogP contribution is -2.12. The molecule has 0 aromatic heterocycles. The zero-order valence-corrected chi connectivity index (χ0v) is 13.3. The molecule has 21 heavy (non-hydrogen) atoms. The van der Waals surface area contributed by atoms with Crippen LogP contribution >= 0.6 is 15.9 Å². The Balaban J connectivity index is 2.05. The number of benzene rings is 2. The number of ether oxygens (including phenoxy) is 1. The van der Waals surface area contributed by atoms with Crippen molar-refractivity contribution in [2.24, 2.45) is 5.73 Å². The summed E-state index contributed by atoms with van der Waals surface area (Å²) in [5.41, 5.74) is 7.74. The van der Waals surface area contributed by atoms with Gasteiger partial charge in [-0.05, 0) is 55.0 Å². The Bertz CT molecular complexity index is 606. The molecule has 0 aliphatic heterocycles. The Morgan fingerprint density at radius 3 is 2.57 bits per heavy atom. The van der Waals surface area contributed by atoms with Gasteiger partial charge in [0.2, 0.25) is 0 Å². The maximum Gasteiger partial charge on any atom is 0.255 e. The summed E-state index contributed by atoms with van der Waals surface area (Å²) in [4.78, 5) is 12.2. The summed E-state index contributed by atoms with van der Waals surface area (Å²) in [5.74, 6) is 0.590. The minimum absolute atomic E-state index is 0.143. The number of amides is 1. The molecule has 1 amide bonds. The normalized spacial score (nSPS) is 10.2. The van der Waals surface area contributed by atoms with Crippen molar-refractivity contribution in [3.8, 4) is 5.75 Å². The van der Waals surface area contributed by atoms with Crippen LogP contribution in [0, 0.1) is 6.92 Å². The van der Waals surface area contributed by atoms with Crippen molar-refractivity contribution in [2.75, 3.05) is 18.5 Å². The predicted molar refractivity (Wildman–Crippen MR) is 87.8 cm³/mol. The summed E-state index contributed by atoms with van der Waals surface area (Å²) in [6.07, 6.45) is 0. The van der Waals surface area contributed by atoms with Gasteiger partial charge in [0.1, 0.15) is 12.4 Å². The van der Waals surface area contributed by atoms with E-state index in [-0.39, 0.29) is 5.91 Å². The molecule has 5 heteroatoms. The second kappa shape index (κ2) is 7.24. The summed E-state index contributed by atoms with van der Waals surface area (Å²) in [6, 6.07) is 12.8. The number of hydrogen-bond acceptors (Lipinski definition) is 3. The first kappa shape index (κ1) is 15.5. The average molecular weight is 349 g/mol. The summed E-state index contributed by atoms with van der Waals surface area (Å²) in [5, 5.41) is 2.86. The molecule has 0 aliphatic carbocycles. The number of aryl methyl sites for hydroxylation is 1. The summed E-state index contributed by atoms with van der Waals surface area (Å²) >= 11 is 3.39. The van der Waals surface area contributed by atoms with E-state index in [0.29, 0.717) is 18.7 Å². The standard InChI is InChI=1S/C16H17BrN2O2/c1-11-8-12(10-13(17)9-11)16(20)19-14-2-4-15(5-3-14)21-7-6-18/h2-5,8-10H,6-7,18H2,1H3,(H,19,20). The van der Waals surface area contributed by atoms with Gasteiger partial charge in [-0.2, -0.15) is 0 Å². The maximum absolute atomic E-state index is 12.2. The fourth-order valence-electron chi connectivity index (χ4n) is 1.88. The lowest BCUT2D eigenvalue weighted by atomic mass is 10.1. The minimum Gasteiger partial charge on any atom is -0.492 e. The molecular formula is C16H17BrN2O2. The summed E-state index contributed by atoms with van der Waals surface area (Å²) < 4.78 is 6.27. The van der Waals surface area contributed by atoms with Crippen LogP contribution in [0.2, 0.25) is 0 Å². The van der Waals surface area contributed by atoms with Crippen molar-refractivity contribution in [3.63, 3.8) is 0 Å². The third kappa shape index (κ3) is 4.58. The van der Waals surface area contributed by atoms with Crippen LogP contribution in [0.4, 0.5) is 5.69 Å². The van der Waals surface area contributed by atoms with E-state index in [1.54, 1.807) is 30.3 Å². The molecule has 0 radical (unpaired) electrons. The molecule has 0 saturated carbocycles. The van der Waals surface area contributed by atoms with Crippen molar-refractivity contribution in [2.45, 2.75) is 6.92 Å². The highest BCUT2D eigenvalue weighted by molar-refractivity contribution is 9.10. The number of hydrogen-bond donors (Lipinski definition) is 2. The van der Waals surface area contributed by atoms with Crippen LogP contribution in [0.15, 0.2) is 46.9 Å². The number of rotatable bonds is 5. The minimum atomic E-state index is -0.143. The van der Waals surface area contributed by atoms with Crippen LogP contribution in [0.3, 0.4) is 0 Å². The molecule has 0 aliphatic rings. The lowest BCUT2D eigenvalue weighted by molar-refractivity contribution is 0.102. The van der Waals surface area contributed by atoms with Crippen molar-refractivity contribution in [1.82, 2.24) is 0 Å². The van der Waals surface area contributed by atoms with Crippen LogP contribution in [-0.4, -0.2) is 19.1 Å². The average Bonchev–Trinajstić information content (AvgIpc) is 2.45. The van der Waals surface area contributed by atoms with Crippen LogP contribution in [0.1, 0.15) is 15.9 Å². The zero-order valence-electron chi connectivity index (χ0n) is 11.7. The van der Waals surface area contributed by atoms with E-state index in [9.17, 15) is 4.79 Å². The SMILES string of the molecule is Cc1cc(Br)cc(C(=O)Nc2ccc(OCCN)cc2)c1. The van der Waals surface area contributed by atoms with Gasteiger partial charge in [-0.25, -0.2) is 0 Å². The third-order valence-corrected chi connectivity index (χ3v) is 3.26.